The van der Waals surface area contributed by atoms with E-state index in [1.54, 1.807) is 23.5 Å². The third-order valence-electron chi connectivity index (χ3n) is 4.81. The lowest BCUT2D eigenvalue weighted by Gasteiger charge is -2.39. The van der Waals surface area contributed by atoms with Crippen molar-refractivity contribution in [2.75, 3.05) is 13.1 Å². The number of aromatic nitrogens is 1. The van der Waals surface area contributed by atoms with E-state index in [-0.39, 0.29) is 12.1 Å². The molecule has 3 heterocycles. The van der Waals surface area contributed by atoms with Crippen LogP contribution in [0.5, 0.6) is 0 Å². The predicted molar refractivity (Wildman–Crippen MR) is 110 cm³/mol. The van der Waals surface area contributed by atoms with Gasteiger partial charge in [-0.2, -0.15) is 0 Å². The first kappa shape index (κ1) is 19.8. The van der Waals surface area contributed by atoms with Crippen molar-refractivity contribution in [2.24, 2.45) is 0 Å². The van der Waals surface area contributed by atoms with Crippen molar-refractivity contribution in [1.29, 1.82) is 0 Å². The number of hydrogen-bond acceptors (Lipinski definition) is 6. The number of nitrogens with zero attached hydrogens (tertiary/aromatic N) is 2. The highest BCUT2D eigenvalue weighted by Crippen LogP contribution is 2.36. The number of oxazole rings is 1. The van der Waals surface area contributed by atoms with Crippen LogP contribution in [0.25, 0.3) is 22.2 Å². The molecule has 8 heteroatoms. The zero-order valence-corrected chi connectivity index (χ0v) is 17.6. The SMILES string of the molecule is CC1NCCN(C(=O)OC(C)(C)C)C1c1nc2cc(Cl)cc(-c3ccoc3)c2o1. The molecule has 2 atom stereocenters. The summed E-state index contributed by atoms with van der Waals surface area (Å²) in [5, 5.41) is 3.93. The molecule has 3 aromatic rings. The fourth-order valence-corrected chi connectivity index (χ4v) is 3.79. The molecule has 29 heavy (non-hydrogen) atoms. The number of ether oxygens (including phenoxy) is 1. The lowest BCUT2D eigenvalue weighted by atomic mass is 10.1. The second-order valence-electron chi connectivity index (χ2n) is 8.23. The smallest absolute Gasteiger partial charge is 0.411 e. The van der Waals surface area contributed by atoms with E-state index in [4.69, 9.17) is 25.2 Å². The van der Waals surface area contributed by atoms with Crippen LogP contribution in [-0.2, 0) is 4.74 Å². The van der Waals surface area contributed by atoms with Crippen LogP contribution < -0.4 is 5.32 Å². The second kappa shape index (κ2) is 7.39. The lowest BCUT2D eigenvalue weighted by molar-refractivity contribution is 0.00267. The van der Waals surface area contributed by atoms with E-state index >= 15 is 0 Å². The zero-order chi connectivity index (χ0) is 20.8. The molecule has 0 saturated carbocycles. The standard InChI is InChI=1S/C21H24ClN3O4/c1-12-17(25(7-6-23-12)20(26)29-21(2,3)4)19-24-16-10-14(22)9-15(18(16)28-19)13-5-8-27-11-13/h5,8-12,17,23H,6-7H2,1-4H3. The number of furan rings is 1. The maximum absolute atomic E-state index is 12.8. The molecular weight excluding hydrogens is 394 g/mol. The Labute approximate surface area is 174 Å². The van der Waals surface area contributed by atoms with Crippen LogP contribution in [0.1, 0.15) is 39.6 Å². The molecule has 0 spiro atoms. The van der Waals surface area contributed by atoms with Crippen LogP contribution >= 0.6 is 11.6 Å². The van der Waals surface area contributed by atoms with E-state index in [1.807, 2.05) is 39.8 Å². The summed E-state index contributed by atoms with van der Waals surface area (Å²) in [6, 6.07) is 4.95. The quantitative estimate of drug-likeness (QED) is 0.631. The Morgan fingerprint density at radius 3 is 2.86 bits per heavy atom. The van der Waals surface area contributed by atoms with Crippen molar-refractivity contribution in [3.8, 4) is 11.1 Å². The van der Waals surface area contributed by atoms with Crippen molar-refractivity contribution in [3.05, 3.63) is 41.6 Å². The first-order chi connectivity index (χ1) is 13.7. The summed E-state index contributed by atoms with van der Waals surface area (Å²) in [6.07, 6.45) is 2.84. The van der Waals surface area contributed by atoms with Gasteiger partial charge in [0.15, 0.2) is 5.58 Å². The highest BCUT2D eigenvalue weighted by atomic mass is 35.5. The van der Waals surface area contributed by atoms with Gasteiger partial charge in [-0.15, -0.1) is 0 Å². The number of benzene rings is 1. The van der Waals surface area contributed by atoms with Crippen molar-refractivity contribution in [3.63, 3.8) is 0 Å². The number of piperazine rings is 1. The first-order valence-corrected chi connectivity index (χ1v) is 9.96. The van der Waals surface area contributed by atoms with Gasteiger partial charge in [0.25, 0.3) is 0 Å². The van der Waals surface area contributed by atoms with Crippen molar-refractivity contribution < 1.29 is 18.4 Å². The van der Waals surface area contributed by atoms with E-state index in [9.17, 15) is 4.79 Å². The highest BCUT2D eigenvalue weighted by Gasteiger charge is 2.38. The molecule has 7 nitrogen and oxygen atoms in total. The molecule has 0 aliphatic carbocycles. The molecule has 154 valence electrons. The Bertz CT molecular complexity index is 1020. The predicted octanol–water partition coefficient (Wildman–Crippen LogP) is 5.01. The molecule has 2 aromatic heterocycles. The molecule has 1 aromatic carbocycles. The minimum absolute atomic E-state index is 0.0582. The molecule has 4 rings (SSSR count). The molecule has 1 N–H and O–H groups in total. The van der Waals surface area contributed by atoms with Gasteiger partial charge < -0.3 is 18.9 Å². The third kappa shape index (κ3) is 3.97. The minimum atomic E-state index is -0.584. The number of carbonyl (C=O) groups excluding carboxylic acids is 1. The number of halogens is 1. The maximum atomic E-state index is 12.8. The Hall–Kier alpha value is -2.51. The summed E-state index contributed by atoms with van der Waals surface area (Å²) >= 11 is 6.31. The summed E-state index contributed by atoms with van der Waals surface area (Å²) in [6.45, 7) is 8.72. The van der Waals surface area contributed by atoms with Gasteiger partial charge in [-0.1, -0.05) is 11.6 Å². The number of hydrogen-bond donors (Lipinski definition) is 1. The van der Waals surface area contributed by atoms with Gasteiger partial charge in [0, 0.05) is 35.3 Å². The van der Waals surface area contributed by atoms with E-state index in [1.165, 1.54) is 0 Å². The van der Waals surface area contributed by atoms with Gasteiger partial charge >= 0.3 is 6.09 Å². The average molecular weight is 418 g/mol. The molecular formula is C21H24ClN3O4. The van der Waals surface area contributed by atoms with E-state index in [2.05, 4.69) is 10.3 Å². The zero-order valence-electron chi connectivity index (χ0n) is 16.9. The fraction of sp³-hybridized carbons (Fsp3) is 0.429. The van der Waals surface area contributed by atoms with Crippen LogP contribution in [-0.4, -0.2) is 40.7 Å². The summed E-state index contributed by atoms with van der Waals surface area (Å²) < 4.78 is 17.0. The summed E-state index contributed by atoms with van der Waals surface area (Å²) in [7, 11) is 0. The van der Waals surface area contributed by atoms with E-state index in [0.717, 1.165) is 11.1 Å². The Morgan fingerprint density at radius 1 is 1.38 bits per heavy atom. The number of carbonyl (C=O) groups is 1. The highest BCUT2D eigenvalue weighted by molar-refractivity contribution is 6.31. The summed E-state index contributed by atoms with van der Waals surface area (Å²) in [5.74, 6) is 0.442. The fourth-order valence-electron chi connectivity index (χ4n) is 3.58. The van der Waals surface area contributed by atoms with Crippen LogP contribution in [0.3, 0.4) is 0 Å². The van der Waals surface area contributed by atoms with Gasteiger partial charge in [-0.05, 0) is 45.9 Å². The molecule has 1 saturated heterocycles. The number of amides is 1. The molecule has 0 radical (unpaired) electrons. The number of nitrogens with one attached hydrogen (secondary N) is 1. The van der Waals surface area contributed by atoms with Gasteiger partial charge in [-0.25, -0.2) is 9.78 Å². The van der Waals surface area contributed by atoms with Gasteiger partial charge in [0.05, 0.1) is 12.5 Å². The van der Waals surface area contributed by atoms with Gasteiger partial charge in [0.1, 0.15) is 17.2 Å². The second-order valence-corrected chi connectivity index (χ2v) is 8.66. The van der Waals surface area contributed by atoms with E-state index in [0.29, 0.717) is 35.1 Å². The van der Waals surface area contributed by atoms with Crippen LogP contribution in [0.2, 0.25) is 5.02 Å². The first-order valence-electron chi connectivity index (χ1n) is 9.58. The maximum Gasteiger partial charge on any atom is 0.411 e. The van der Waals surface area contributed by atoms with Crippen molar-refractivity contribution in [1.82, 2.24) is 15.2 Å². The molecule has 2 unspecified atom stereocenters. The van der Waals surface area contributed by atoms with Crippen LogP contribution in [0.4, 0.5) is 4.79 Å². The number of rotatable bonds is 2. The molecule has 1 amide bonds. The topological polar surface area (TPSA) is 80.7 Å². The van der Waals surface area contributed by atoms with Crippen molar-refractivity contribution in [2.45, 2.75) is 45.4 Å². The molecule has 1 aliphatic rings. The van der Waals surface area contributed by atoms with Crippen molar-refractivity contribution >= 4 is 28.8 Å². The lowest BCUT2D eigenvalue weighted by Crippen LogP contribution is -2.54. The Morgan fingerprint density at radius 2 is 2.17 bits per heavy atom. The monoisotopic (exact) mass is 417 g/mol. The molecule has 1 aliphatic heterocycles. The molecule has 1 fully saturated rings. The number of fused-ring (bicyclic) bond motifs is 1. The normalized spacial score (nSPS) is 20.2. The third-order valence-corrected chi connectivity index (χ3v) is 5.03. The minimum Gasteiger partial charge on any atom is -0.472 e. The van der Waals surface area contributed by atoms with Crippen LogP contribution in [0, 0.1) is 0 Å². The Kier molecular flexibility index (Phi) is 5.04. The summed E-state index contributed by atoms with van der Waals surface area (Å²) in [5.41, 5.74) is 2.29. The summed E-state index contributed by atoms with van der Waals surface area (Å²) in [4.78, 5) is 19.2. The largest absolute Gasteiger partial charge is 0.472 e. The molecule has 0 bridgehead atoms. The van der Waals surface area contributed by atoms with Gasteiger partial charge in [0.2, 0.25) is 5.89 Å². The average Bonchev–Trinajstić information content (AvgIpc) is 3.28. The van der Waals surface area contributed by atoms with E-state index < -0.39 is 11.6 Å². The Balaban J connectivity index is 1.77. The van der Waals surface area contributed by atoms with Crippen LogP contribution in [0.15, 0.2) is 39.6 Å². The van der Waals surface area contributed by atoms with Gasteiger partial charge in [-0.3, -0.25) is 4.90 Å².